The molecular formula is C23H22ClNO3S. The molecule has 6 heteroatoms. The van der Waals surface area contributed by atoms with Crippen LogP contribution < -0.4 is 4.74 Å². The Balaban J connectivity index is 1.70. The number of rotatable bonds is 7. The highest BCUT2D eigenvalue weighted by molar-refractivity contribution is 7.16. The number of likely N-dealkylation sites (tertiary alicyclic amines) is 1. The number of ether oxygens (including phenoxy) is 1. The first-order valence-corrected chi connectivity index (χ1v) is 10.8. The monoisotopic (exact) mass is 427 g/mol. The highest BCUT2D eigenvalue weighted by atomic mass is 35.5. The maximum Gasteiger partial charge on any atom is 0.320 e. The third-order valence-corrected chi connectivity index (χ3v) is 6.51. The maximum absolute atomic E-state index is 11.9. The molecule has 29 heavy (non-hydrogen) atoms. The third kappa shape index (κ3) is 4.47. The molecule has 1 aromatic heterocycles. The number of hydrogen-bond donors (Lipinski definition) is 1. The molecule has 2 atom stereocenters. The Kier molecular flexibility index (Phi) is 6.19. The lowest BCUT2D eigenvalue weighted by molar-refractivity contribution is -0.142. The predicted molar refractivity (Wildman–Crippen MR) is 116 cm³/mol. The lowest BCUT2D eigenvalue weighted by Gasteiger charge is -2.32. The molecule has 2 unspecified atom stereocenters. The number of carbonyl (C=O) groups is 1. The van der Waals surface area contributed by atoms with Crippen molar-refractivity contribution in [2.75, 3.05) is 6.54 Å². The van der Waals surface area contributed by atoms with E-state index in [1.807, 2.05) is 66.7 Å². The molecule has 1 saturated heterocycles. The van der Waals surface area contributed by atoms with Gasteiger partial charge in [-0.1, -0.05) is 60.1 Å². The molecule has 150 valence electrons. The average molecular weight is 428 g/mol. The second kappa shape index (κ2) is 8.99. The summed E-state index contributed by atoms with van der Waals surface area (Å²) >= 11 is 7.72. The Morgan fingerprint density at radius 2 is 1.90 bits per heavy atom. The summed E-state index contributed by atoms with van der Waals surface area (Å²) in [7, 11) is 0. The summed E-state index contributed by atoms with van der Waals surface area (Å²) in [5.41, 5.74) is 2.05. The van der Waals surface area contributed by atoms with Gasteiger partial charge in [0.1, 0.15) is 18.4 Å². The van der Waals surface area contributed by atoms with Gasteiger partial charge in [-0.2, -0.15) is 0 Å². The van der Waals surface area contributed by atoms with Gasteiger partial charge in [0.05, 0.1) is 10.4 Å². The topological polar surface area (TPSA) is 49.8 Å². The van der Waals surface area contributed by atoms with E-state index in [1.165, 1.54) is 11.3 Å². The molecule has 4 nitrogen and oxygen atoms in total. The van der Waals surface area contributed by atoms with E-state index in [4.69, 9.17) is 16.3 Å². The van der Waals surface area contributed by atoms with Gasteiger partial charge in [0, 0.05) is 17.0 Å². The Hall–Kier alpha value is -2.34. The second-order valence-corrected chi connectivity index (χ2v) is 8.84. The molecule has 1 fully saturated rings. The van der Waals surface area contributed by atoms with E-state index in [0.717, 1.165) is 34.7 Å². The van der Waals surface area contributed by atoms with Crippen LogP contribution in [0.1, 0.15) is 34.9 Å². The van der Waals surface area contributed by atoms with E-state index < -0.39 is 12.0 Å². The summed E-state index contributed by atoms with van der Waals surface area (Å²) < 4.78 is 6.88. The molecule has 1 aliphatic rings. The number of hydrogen-bond acceptors (Lipinski definition) is 4. The van der Waals surface area contributed by atoms with Gasteiger partial charge in [0.25, 0.3) is 0 Å². The molecule has 0 saturated carbocycles. The highest BCUT2D eigenvalue weighted by Gasteiger charge is 2.38. The molecule has 3 aromatic rings. The fourth-order valence-electron chi connectivity index (χ4n) is 3.91. The normalized spacial score (nSPS) is 17.9. The van der Waals surface area contributed by atoms with Crippen LogP contribution in [0.2, 0.25) is 4.34 Å². The van der Waals surface area contributed by atoms with E-state index in [0.29, 0.717) is 17.4 Å². The lowest BCUT2D eigenvalue weighted by Crippen LogP contribution is -2.39. The van der Waals surface area contributed by atoms with Crippen molar-refractivity contribution in [1.82, 2.24) is 4.90 Å². The Morgan fingerprint density at radius 1 is 1.14 bits per heavy atom. The van der Waals surface area contributed by atoms with Crippen LogP contribution in [0, 0.1) is 0 Å². The molecule has 0 radical (unpaired) electrons. The van der Waals surface area contributed by atoms with Gasteiger partial charge in [0.15, 0.2) is 0 Å². The minimum atomic E-state index is -0.780. The van der Waals surface area contributed by atoms with E-state index in [-0.39, 0.29) is 6.04 Å². The smallest absolute Gasteiger partial charge is 0.320 e. The fourth-order valence-corrected chi connectivity index (χ4v) is 5.11. The SMILES string of the molecule is O=C(O)C1CCCN1C(c1ccc(Cl)s1)c1ccccc1OCc1ccccc1. The van der Waals surface area contributed by atoms with Gasteiger partial charge in [0.2, 0.25) is 0 Å². The van der Waals surface area contributed by atoms with Crippen LogP contribution in [0.4, 0.5) is 0 Å². The summed E-state index contributed by atoms with van der Waals surface area (Å²) in [6, 6.07) is 21.0. The molecule has 1 aliphatic heterocycles. The Morgan fingerprint density at radius 3 is 2.62 bits per heavy atom. The fraction of sp³-hybridized carbons (Fsp3) is 0.261. The minimum absolute atomic E-state index is 0.205. The van der Waals surface area contributed by atoms with Crippen LogP contribution >= 0.6 is 22.9 Å². The molecule has 1 N–H and O–H groups in total. The minimum Gasteiger partial charge on any atom is -0.489 e. The number of para-hydroxylation sites is 1. The average Bonchev–Trinajstić information content (AvgIpc) is 3.38. The van der Waals surface area contributed by atoms with Crippen molar-refractivity contribution >= 4 is 28.9 Å². The first kappa shape index (κ1) is 20.0. The number of thiophene rings is 1. The zero-order valence-corrected chi connectivity index (χ0v) is 17.4. The molecule has 0 spiro atoms. The van der Waals surface area contributed by atoms with E-state index in [9.17, 15) is 9.90 Å². The van der Waals surface area contributed by atoms with Crippen LogP contribution in [-0.4, -0.2) is 28.6 Å². The molecule has 0 amide bonds. The van der Waals surface area contributed by atoms with Crippen molar-refractivity contribution in [1.29, 1.82) is 0 Å². The molecule has 4 rings (SSSR count). The summed E-state index contributed by atoms with van der Waals surface area (Å²) in [5, 5.41) is 9.76. The first-order chi connectivity index (χ1) is 14.1. The highest BCUT2D eigenvalue weighted by Crippen LogP contribution is 2.42. The van der Waals surface area contributed by atoms with Crippen LogP contribution in [0.15, 0.2) is 66.7 Å². The van der Waals surface area contributed by atoms with Gasteiger partial charge in [-0.15, -0.1) is 11.3 Å². The van der Waals surface area contributed by atoms with Crippen molar-refractivity contribution in [3.8, 4) is 5.75 Å². The predicted octanol–water partition coefficient (Wildman–Crippen LogP) is 5.62. The number of carboxylic acid groups (broad SMARTS) is 1. The van der Waals surface area contributed by atoms with Crippen LogP contribution in [0.25, 0.3) is 0 Å². The van der Waals surface area contributed by atoms with Crippen molar-refractivity contribution in [3.63, 3.8) is 0 Å². The molecule has 2 heterocycles. The molecule has 0 aliphatic carbocycles. The van der Waals surface area contributed by atoms with Crippen molar-refractivity contribution in [2.24, 2.45) is 0 Å². The first-order valence-electron chi connectivity index (χ1n) is 9.63. The van der Waals surface area contributed by atoms with Gasteiger partial charge < -0.3 is 9.84 Å². The summed E-state index contributed by atoms with van der Waals surface area (Å²) in [5.74, 6) is -0.0141. The van der Waals surface area contributed by atoms with E-state index in [2.05, 4.69) is 4.90 Å². The second-order valence-electron chi connectivity index (χ2n) is 7.09. The Labute approximate surface area is 179 Å². The summed E-state index contributed by atoms with van der Waals surface area (Å²) in [6.07, 6.45) is 1.51. The van der Waals surface area contributed by atoms with Crippen LogP contribution in [-0.2, 0) is 11.4 Å². The number of benzene rings is 2. The summed E-state index contributed by atoms with van der Waals surface area (Å²) in [6.45, 7) is 1.18. The third-order valence-electron chi connectivity index (χ3n) is 5.23. The summed E-state index contributed by atoms with van der Waals surface area (Å²) in [4.78, 5) is 15.0. The van der Waals surface area contributed by atoms with Crippen molar-refractivity contribution in [2.45, 2.75) is 31.5 Å². The van der Waals surface area contributed by atoms with Crippen molar-refractivity contribution in [3.05, 3.63) is 87.1 Å². The quantitative estimate of drug-likeness (QED) is 0.531. The van der Waals surface area contributed by atoms with Crippen molar-refractivity contribution < 1.29 is 14.6 Å². The molecule has 2 aromatic carbocycles. The van der Waals surface area contributed by atoms with Gasteiger partial charge in [-0.05, 0) is 36.6 Å². The molecular weight excluding hydrogens is 406 g/mol. The molecule has 0 bridgehead atoms. The lowest BCUT2D eigenvalue weighted by atomic mass is 10.0. The zero-order chi connectivity index (χ0) is 20.2. The standard InChI is InChI=1S/C23H22ClNO3S/c24-21-13-12-20(29-21)22(25-14-6-10-18(25)23(26)27)17-9-4-5-11-19(17)28-15-16-7-2-1-3-8-16/h1-5,7-9,11-13,18,22H,6,10,14-15H2,(H,26,27). The number of carboxylic acids is 1. The zero-order valence-electron chi connectivity index (χ0n) is 15.8. The van der Waals surface area contributed by atoms with Gasteiger partial charge in [-0.3, -0.25) is 9.69 Å². The van der Waals surface area contributed by atoms with E-state index in [1.54, 1.807) is 0 Å². The number of halogens is 1. The van der Waals surface area contributed by atoms with Gasteiger partial charge in [-0.25, -0.2) is 0 Å². The van der Waals surface area contributed by atoms with Crippen LogP contribution in [0.5, 0.6) is 5.75 Å². The largest absolute Gasteiger partial charge is 0.489 e. The Bertz CT molecular complexity index is 975. The number of nitrogens with zero attached hydrogens (tertiary/aromatic N) is 1. The number of aliphatic carboxylic acids is 1. The van der Waals surface area contributed by atoms with Crippen LogP contribution in [0.3, 0.4) is 0 Å². The maximum atomic E-state index is 11.9. The van der Waals surface area contributed by atoms with E-state index >= 15 is 0 Å². The van der Waals surface area contributed by atoms with Gasteiger partial charge >= 0.3 is 5.97 Å².